The fraction of sp³-hybridized carbons (Fsp3) is 0.107. The summed E-state index contributed by atoms with van der Waals surface area (Å²) in [6.07, 6.45) is -9.92. The van der Waals surface area contributed by atoms with E-state index in [1.165, 1.54) is 12.1 Å². The molecule has 3 N–H and O–H groups in total. The van der Waals surface area contributed by atoms with Gasteiger partial charge in [-0.15, -0.1) is 0 Å². The number of aryl methyl sites for hydroxylation is 1. The van der Waals surface area contributed by atoms with Crippen molar-refractivity contribution >= 4 is 17.3 Å². The molecule has 0 unspecified atom stereocenters. The van der Waals surface area contributed by atoms with Gasteiger partial charge >= 0.3 is 12.4 Å². The highest BCUT2D eigenvalue weighted by atomic mass is 19.4. The second-order valence-electron chi connectivity index (χ2n) is 8.46. The van der Waals surface area contributed by atoms with Crippen LogP contribution in [0.4, 0.5) is 37.7 Å². The predicted molar refractivity (Wildman–Crippen MR) is 131 cm³/mol. The lowest BCUT2D eigenvalue weighted by atomic mass is 9.93. The molecule has 0 atom stereocenters. The van der Waals surface area contributed by atoms with Crippen molar-refractivity contribution in [3.05, 3.63) is 107 Å². The number of carbonyl (C=O) groups excluding carboxylic acids is 1. The van der Waals surface area contributed by atoms with Gasteiger partial charge in [-0.2, -0.15) is 26.3 Å². The molecule has 0 bridgehead atoms. The Labute approximate surface area is 208 Å². The van der Waals surface area contributed by atoms with E-state index in [0.29, 0.717) is 12.1 Å². The first-order valence-corrected chi connectivity index (χ1v) is 11.0. The van der Waals surface area contributed by atoms with Gasteiger partial charge < -0.3 is 11.1 Å². The Morgan fingerprint density at radius 2 is 1.16 bits per heavy atom. The molecule has 4 rings (SSSR count). The molecule has 0 spiro atoms. The van der Waals surface area contributed by atoms with Crippen molar-refractivity contribution in [1.29, 1.82) is 0 Å². The van der Waals surface area contributed by atoms with E-state index in [-0.39, 0.29) is 16.9 Å². The fourth-order valence-corrected chi connectivity index (χ4v) is 3.89. The lowest BCUT2D eigenvalue weighted by molar-refractivity contribution is -0.139. The number of anilines is 2. The zero-order chi connectivity index (χ0) is 27.0. The first-order valence-electron chi connectivity index (χ1n) is 11.0. The maximum Gasteiger partial charge on any atom is 0.417 e. The van der Waals surface area contributed by atoms with Gasteiger partial charge in [0, 0.05) is 16.9 Å². The highest BCUT2D eigenvalue weighted by molar-refractivity contribution is 6.04. The number of alkyl halides is 6. The molecule has 0 radical (unpaired) electrons. The van der Waals surface area contributed by atoms with Gasteiger partial charge in [-0.05, 0) is 65.6 Å². The SMILES string of the molecule is Cc1ccc(-c2ccc(C(=O)Nc3ccc(-c4ccc(N)cc4C(F)(F)F)c(C(F)(F)F)c3)cc2)cc1. The van der Waals surface area contributed by atoms with Crippen LogP contribution in [0, 0.1) is 6.92 Å². The molecule has 0 aliphatic carbocycles. The Morgan fingerprint density at radius 1 is 0.676 bits per heavy atom. The molecule has 4 aromatic carbocycles. The smallest absolute Gasteiger partial charge is 0.399 e. The van der Waals surface area contributed by atoms with Crippen LogP contribution in [-0.4, -0.2) is 5.91 Å². The number of hydrogen-bond acceptors (Lipinski definition) is 2. The van der Waals surface area contributed by atoms with Crippen molar-refractivity contribution in [2.75, 3.05) is 11.1 Å². The average Bonchev–Trinajstić information content (AvgIpc) is 2.83. The highest BCUT2D eigenvalue weighted by Crippen LogP contribution is 2.44. The van der Waals surface area contributed by atoms with Crippen molar-refractivity contribution < 1.29 is 31.1 Å². The number of amides is 1. The molecule has 3 nitrogen and oxygen atoms in total. The van der Waals surface area contributed by atoms with Crippen LogP contribution in [0.3, 0.4) is 0 Å². The van der Waals surface area contributed by atoms with Gasteiger partial charge in [0.25, 0.3) is 5.91 Å². The minimum Gasteiger partial charge on any atom is -0.399 e. The van der Waals surface area contributed by atoms with E-state index < -0.39 is 40.5 Å². The van der Waals surface area contributed by atoms with Crippen molar-refractivity contribution in [2.24, 2.45) is 0 Å². The summed E-state index contributed by atoms with van der Waals surface area (Å²) in [5.41, 5.74) is 4.11. The molecule has 190 valence electrons. The average molecular weight is 514 g/mol. The molecular formula is C28H20F6N2O. The first-order chi connectivity index (χ1) is 17.3. The second-order valence-corrected chi connectivity index (χ2v) is 8.46. The van der Waals surface area contributed by atoms with Gasteiger partial charge in [0.2, 0.25) is 0 Å². The lowest BCUT2D eigenvalue weighted by Crippen LogP contribution is -2.15. The minimum absolute atomic E-state index is 0.200. The summed E-state index contributed by atoms with van der Waals surface area (Å²) in [5, 5.41) is 2.39. The number of carbonyl (C=O) groups is 1. The predicted octanol–water partition coefficient (Wildman–Crippen LogP) is 8.20. The minimum atomic E-state index is -4.99. The van der Waals surface area contributed by atoms with Crippen LogP contribution in [0.5, 0.6) is 0 Å². The van der Waals surface area contributed by atoms with Gasteiger partial charge in [-0.25, -0.2) is 0 Å². The third-order valence-corrected chi connectivity index (χ3v) is 5.75. The van der Waals surface area contributed by atoms with Gasteiger partial charge in [-0.1, -0.05) is 54.1 Å². The van der Waals surface area contributed by atoms with Crippen molar-refractivity contribution in [1.82, 2.24) is 0 Å². The summed E-state index contributed by atoms with van der Waals surface area (Å²) in [5.74, 6) is -0.667. The molecule has 0 heterocycles. The maximum absolute atomic E-state index is 13.9. The Kier molecular flexibility index (Phi) is 6.73. The number of rotatable bonds is 4. The zero-order valence-electron chi connectivity index (χ0n) is 19.3. The highest BCUT2D eigenvalue weighted by Gasteiger charge is 2.38. The van der Waals surface area contributed by atoms with Crippen molar-refractivity contribution in [3.8, 4) is 22.3 Å². The van der Waals surface area contributed by atoms with Crippen molar-refractivity contribution in [2.45, 2.75) is 19.3 Å². The van der Waals surface area contributed by atoms with Gasteiger partial charge in [-0.3, -0.25) is 4.79 Å². The van der Waals surface area contributed by atoms with Gasteiger partial charge in [0.05, 0.1) is 11.1 Å². The summed E-state index contributed by atoms with van der Waals surface area (Å²) in [6, 6.07) is 19.5. The Bertz CT molecular complexity index is 1440. The monoisotopic (exact) mass is 514 g/mol. The maximum atomic E-state index is 13.9. The zero-order valence-corrected chi connectivity index (χ0v) is 19.3. The summed E-state index contributed by atoms with van der Waals surface area (Å²) in [7, 11) is 0. The van der Waals surface area contributed by atoms with E-state index in [4.69, 9.17) is 5.73 Å². The number of nitrogens with two attached hydrogens (primary N) is 1. The third-order valence-electron chi connectivity index (χ3n) is 5.75. The number of nitrogen functional groups attached to an aromatic ring is 1. The molecule has 4 aromatic rings. The standard InChI is InChI=1S/C28H20F6N2O/c1-16-2-4-17(5-3-16)18-6-8-19(9-7-18)26(37)36-21-11-13-23(25(15-21)28(32,33)34)22-12-10-20(35)14-24(22)27(29,30)31/h2-15H,35H2,1H3,(H,36,37). The van der Waals surface area contributed by atoms with Crippen LogP contribution in [0.1, 0.15) is 27.0 Å². The summed E-state index contributed by atoms with van der Waals surface area (Å²) in [6.45, 7) is 1.96. The third kappa shape index (κ3) is 5.77. The number of halogens is 6. The fourth-order valence-electron chi connectivity index (χ4n) is 3.89. The molecule has 0 aliphatic rings. The van der Waals surface area contributed by atoms with Gasteiger partial charge in [0.1, 0.15) is 0 Å². The lowest BCUT2D eigenvalue weighted by Gasteiger charge is -2.19. The van der Waals surface area contributed by atoms with E-state index in [1.54, 1.807) is 12.1 Å². The number of nitrogens with one attached hydrogen (secondary N) is 1. The largest absolute Gasteiger partial charge is 0.417 e. The van der Waals surface area contributed by atoms with Crippen LogP contribution >= 0.6 is 0 Å². The van der Waals surface area contributed by atoms with Crippen LogP contribution in [0.15, 0.2) is 84.9 Å². The van der Waals surface area contributed by atoms with Crippen LogP contribution < -0.4 is 11.1 Å². The van der Waals surface area contributed by atoms with E-state index in [9.17, 15) is 31.1 Å². The Hall–Kier alpha value is -4.27. The van der Waals surface area contributed by atoms with Crippen molar-refractivity contribution in [3.63, 3.8) is 0 Å². The van der Waals surface area contributed by atoms with Crippen LogP contribution in [0.25, 0.3) is 22.3 Å². The second kappa shape index (κ2) is 9.65. The quantitative estimate of drug-likeness (QED) is 0.213. The Morgan fingerprint density at radius 3 is 1.70 bits per heavy atom. The molecule has 1 amide bonds. The van der Waals surface area contributed by atoms with E-state index in [1.807, 2.05) is 31.2 Å². The first kappa shape index (κ1) is 25.8. The summed E-state index contributed by atoms with van der Waals surface area (Å²) >= 11 is 0. The molecule has 0 aromatic heterocycles. The van der Waals surface area contributed by atoms with Crippen LogP contribution in [-0.2, 0) is 12.4 Å². The number of hydrogen-bond donors (Lipinski definition) is 2. The van der Waals surface area contributed by atoms with E-state index in [2.05, 4.69) is 5.32 Å². The molecule has 0 fully saturated rings. The summed E-state index contributed by atoms with van der Waals surface area (Å²) in [4.78, 5) is 12.7. The van der Waals surface area contributed by atoms with Crippen LogP contribution in [0.2, 0.25) is 0 Å². The van der Waals surface area contributed by atoms with E-state index in [0.717, 1.165) is 41.0 Å². The molecule has 0 saturated heterocycles. The molecule has 9 heteroatoms. The molecule has 0 saturated carbocycles. The molecule has 0 aliphatic heterocycles. The Balaban J connectivity index is 1.65. The topological polar surface area (TPSA) is 55.1 Å². The molecule has 37 heavy (non-hydrogen) atoms. The summed E-state index contributed by atoms with van der Waals surface area (Å²) < 4.78 is 82.3. The number of benzene rings is 4. The normalized spacial score (nSPS) is 11.9. The van der Waals surface area contributed by atoms with E-state index >= 15 is 0 Å². The molecular weight excluding hydrogens is 494 g/mol. The van der Waals surface area contributed by atoms with Gasteiger partial charge in [0.15, 0.2) is 0 Å².